The summed E-state index contributed by atoms with van der Waals surface area (Å²) in [5, 5.41) is 9.46. The van der Waals surface area contributed by atoms with E-state index in [0.29, 0.717) is 11.3 Å². The highest BCUT2D eigenvalue weighted by atomic mass is 16.5. The minimum absolute atomic E-state index is 0.0452. The summed E-state index contributed by atoms with van der Waals surface area (Å²) in [6, 6.07) is 4.84. The van der Waals surface area contributed by atoms with Gasteiger partial charge in [-0.1, -0.05) is 6.07 Å². The average molecular weight is 218 g/mol. The number of aromatic hydroxyl groups is 1. The highest BCUT2D eigenvalue weighted by Crippen LogP contribution is 2.28. The molecule has 0 spiro atoms. The number of H-pyrrole nitrogens is 1. The third-order valence-electron chi connectivity index (χ3n) is 2.14. The second kappa shape index (κ2) is 4.06. The van der Waals surface area contributed by atoms with Gasteiger partial charge in [-0.25, -0.2) is 4.98 Å². The summed E-state index contributed by atoms with van der Waals surface area (Å²) in [5.41, 5.74) is 0.151. The maximum Gasteiger partial charge on any atom is 0.311 e. The van der Waals surface area contributed by atoms with Gasteiger partial charge in [-0.15, -0.1) is 0 Å². The molecule has 2 N–H and O–H groups in total. The fourth-order valence-corrected chi connectivity index (χ4v) is 1.23. The number of hydrogen-bond donors (Lipinski definition) is 2. The molecule has 0 fully saturated rings. The predicted molar refractivity (Wildman–Crippen MR) is 57.8 cm³/mol. The minimum Gasteiger partial charge on any atom is -0.508 e. The topological polar surface area (TPSA) is 75.2 Å². The number of hydrogen-bond acceptors (Lipinski definition) is 4. The van der Waals surface area contributed by atoms with Crippen LogP contribution in [-0.2, 0) is 0 Å². The molecule has 0 saturated carbocycles. The van der Waals surface area contributed by atoms with Gasteiger partial charge < -0.3 is 14.8 Å². The first-order valence-corrected chi connectivity index (χ1v) is 4.68. The van der Waals surface area contributed by atoms with Gasteiger partial charge in [0.2, 0.25) is 0 Å². The van der Waals surface area contributed by atoms with E-state index in [1.807, 2.05) is 0 Å². The first kappa shape index (κ1) is 10.2. The maximum atomic E-state index is 11.3. The highest BCUT2D eigenvalue weighted by Gasteiger charge is 2.07. The summed E-state index contributed by atoms with van der Waals surface area (Å²) in [5.74, 6) is 0.477. The van der Waals surface area contributed by atoms with Gasteiger partial charge in [0.05, 0.1) is 0 Å². The summed E-state index contributed by atoms with van der Waals surface area (Å²) < 4.78 is 5.31. The molecule has 1 aromatic heterocycles. The largest absolute Gasteiger partial charge is 0.508 e. The number of nitrogens with zero attached hydrogens (tertiary/aromatic N) is 1. The molecule has 0 atom stereocenters. The third kappa shape index (κ3) is 1.88. The summed E-state index contributed by atoms with van der Waals surface area (Å²) in [4.78, 5) is 17.6. The van der Waals surface area contributed by atoms with Crippen molar-refractivity contribution in [3.05, 3.63) is 46.5 Å². The van der Waals surface area contributed by atoms with Gasteiger partial charge in [0.15, 0.2) is 0 Å². The lowest BCUT2D eigenvalue weighted by atomic mass is 10.2. The van der Waals surface area contributed by atoms with Crippen LogP contribution in [0.4, 0.5) is 0 Å². The van der Waals surface area contributed by atoms with Crippen molar-refractivity contribution in [1.82, 2.24) is 9.97 Å². The Labute approximate surface area is 91.4 Å². The fraction of sp³-hybridized carbons (Fsp3) is 0.0909. The zero-order valence-electron chi connectivity index (χ0n) is 8.60. The van der Waals surface area contributed by atoms with Gasteiger partial charge in [0.25, 0.3) is 5.88 Å². The molecule has 2 aromatic rings. The second-order valence-corrected chi connectivity index (χ2v) is 3.23. The van der Waals surface area contributed by atoms with Gasteiger partial charge in [-0.05, 0) is 19.1 Å². The van der Waals surface area contributed by atoms with Crippen molar-refractivity contribution >= 4 is 0 Å². The highest BCUT2D eigenvalue weighted by molar-refractivity contribution is 5.43. The summed E-state index contributed by atoms with van der Waals surface area (Å²) in [6.45, 7) is 1.70. The molecular formula is C11H10N2O3. The van der Waals surface area contributed by atoms with E-state index >= 15 is 0 Å². The molecule has 0 aliphatic heterocycles. The third-order valence-corrected chi connectivity index (χ3v) is 2.14. The molecule has 1 aromatic carbocycles. The van der Waals surface area contributed by atoms with Gasteiger partial charge in [0, 0.05) is 18.0 Å². The van der Waals surface area contributed by atoms with E-state index in [1.54, 1.807) is 25.1 Å². The lowest BCUT2D eigenvalue weighted by Gasteiger charge is -2.07. The lowest BCUT2D eigenvalue weighted by molar-refractivity contribution is 0.434. The van der Waals surface area contributed by atoms with Crippen LogP contribution in [0.2, 0.25) is 0 Å². The molecule has 82 valence electrons. The molecule has 0 radical (unpaired) electrons. The normalized spacial score (nSPS) is 10.1. The standard InChI is InChI=1S/C11H10N2O3/c1-7-8(14)3-2-4-9(7)16-11-10(15)12-5-6-13-11/h2-6,14H,1H3,(H,12,15). The number of aromatic nitrogens is 2. The molecule has 5 nitrogen and oxygen atoms in total. The van der Waals surface area contributed by atoms with Crippen LogP contribution >= 0.6 is 0 Å². The van der Waals surface area contributed by atoms with Crippen LogP contribution in [0, 0.1) is 6.92 Å². The molecule has 0 amide bonds. The number of nitrogens with one attached hydrogen (secondary N) is 1. The summed E-state index contributed by atoms with van der Waals surface area (Å²) >= 11 is 0. The molecule has 0 unspecified atom stereocenters. The smallest absolute Gasteiger partial charge is 0.311 e. The van der Waals surface area contributed by atoms with Gasteiger partial charge in [-0.2, -0.15) is 0 Å². The average Bonchev–Trinajstić information content (AvgIpc) is 2.28. The molecule has 0 aliphatic carbocycles. The number of phenolic OH excluding ortho intramolecular Hbond substituents is 1. The Kier molecular flexibility index (Phi) is 2.59. The second-order valence-electron chi connectivity index (χ2n) is 3.23. The molecule has 1 heterocycles. The zero-order chi connectivity index (χ0) is 11.5. The predicted octanol–water partition coefficient (Wildman–Crippen LogP) is 1.58. The van der Waals surface area contributed by atoms with E-state index in [4.69, 9.17) is 4.74 Å². The Bertz CT molecular complexity index is 563. The molecule has 16 heavy (non-hydrogen) atoms. The molecule has 5 heteroatoms. The Morgan fingerprint density at radius 1 is 1.44 bits per heavy atom. The van der Waals surface area contributed by atoms with Crippen molar-refractivity contribution in [2.45, 2.75) is 6.92 Å². The number of rotatable bonds is 2. The van der Waals surface area contributed by atoms with Gasteiger partial charge in [-0.3, -0.25) is 4.79 Å². The van der Waals surface area contributed by atoms with Crippen molar-refractivity contribution < 1.29 is 9.84 Å². The Balaban J connectivity index is 2.38. The van der Waals surface area contributed by atoms with Crippen molar-refractivity contribution in [2.24, 2.45) is 0 Å². The van der Waals surface area contributed by atoms with E-state index < -0.39 is 5.56 Å². The molecule has 0 saturated heterocycles. The molecule has 0 bridgehead atoms. The summed E-state index contributed by atoms with van der Waals surface area (Å²) in [6.07, 6.45) is 2.85. The van der Waals surface area contributed by atoms with Crippen LogP contribution in [0.1, 0.15) is 5.56 Å². The monoisotopic (exact) mass is 218 g/mol. The van der Waals surface area contributed by atoms with Crippen LogP contribution in [0.5, 0.6) is 17.4 Å². The fourth-order valence-electron chi connectivity index (χ4n) is 1.23. The molecule has 0 aliphatic rings. The first-order chi connectivity index (χ1) is 7.68. The number of benzene rings is 1. The number of ether oxygens (including phenoxy) is 1. The number of aromatic amines is 1. The first-order valence-electron chi connectivity index (χ1n) is 4.68. The Morgan fingerprint density at radius 2 is 2.25 bits per heavy atom. The van der Waals surface area contributed by atoms with E-state index in [9.17, 15) is 9.90 Å². The van der Waals surface area contributed by atoms with E-state index in [1.165, 1.54) is 12.4 Å². The van der Waals surface area contributed by atoms with Crippen LogP contribution in [0.25, 0.3) is 0 Å². The van der Waals surface area contributed by atoms with E-state index in [-0.39, 0.29) is 11.6 Å². The van der Waals surface area contributed by atoms with Crippen molar-refractivity contribution in [3.63, 3.8) is 0 Å². The van der Waals surface area contributed by atoms with Crippen LogP contribution in [0.15, 0.2) is 35.4 Å². The lowest BCUT2D eigenvalue weighted by Crippen LogP contribution is -2.09. The quantitative estimate of drug-likeness (QED) is 0.802. The van der Waals surface area contributed by atoms with Gasteiger partial charge in [0.1, 0.15) is 11.5 Å². The van der Waals surface area contributed by atoms with Gasteiger partial charge >= 0.3 is 5.56 Å². The summed E-state index contributed by atoms with van der Waals surface area (Å²) in [7, 11) is 0. The van der Waals surface area contributed by atoms with Crippen molar-refractivity contribution in [1.29, 1.82) is 0 Å². The van der Waals surface area contributed by atoms with Crippen LogP contribution in [-0.4, -0.2) is 15.1 Å². The van der Waals surface area contributed by atoms with Crippen molar-refractivity contribution in [3.8, 4) is 17.4 Å². The molecule has 2 rings (SSSR count). The van der Waals surface area contributed by atoms with Crippen molar-refractivity contribution in [2.75, 3.05) is 0 Å². The zero-order valence-corrected chi connectivity index (χ0v) is 8.60. The maximum absolute atomic E-state index is 11.3. The Hall–Kier alpha value is -2.30. The minimum atomic E-state index is -0.412. The Morgan fingerprint density at radius 3 is 3.00 bits per heavy atom. The number of phenols is 1. The molecular weight excluding hydrogens is 208 g/mol. The van der Waals surface area contributed by atoms with E-state index in [2.05, 4.69) is 9.97 Å². The van der Waals surface area contributed by atoms with E-state index in [0.717, 1.165) is 0 Å². The van der Waals surface area contributed by atoms with Crippen LogP contribution < -0.4 is 10.3 Å². The van der Waals surface area contributed by atoms with Crippen LogP contribution in [0.3, 0.4) is 0 Å². The SMILES string of the molecule is Cc1c(O)cccc1Oc1ncc[nH]c1=O.